The Bertz CT molecular complexity index is 905. The molecule has 132 valence electrons. The van der Waals surface area contributed by atoms with E-state index < -0.39 is 4.92 Å². The van der Waals surface area contributed by atoms with Crippen LogP contribution >= 0.6 is 11.6 Å². The summed E-state index contributed by atoms with van der Waals surface area (Å²) >= 11 is 5.88. The summed E-state index contributed by atoms with van der Waals surface area (Å²) in [7, 11) is 0. The van der Waals surface area contributed by atoms with Crippen LogP contribution < -0.4 is 5.01 Å². The maximum atomic E-state index is 12.8. The highest BCUT2D eigenvalue weighted by Crippen LogP contribution is 2.27. The summed E-state index contributed by atoms with van der Waals surface area (Å²) in [5.41, 5.74) is 1.42. The quantitative estimate of drug-likeness (QED) is 0.461. The molecule has 0 N–H and O–H groups in total. The number of nitrogens with zero attached hydrogens (tertiary/aromatic N) is 3. The fourth-order valence-corrected chi connectivity index (χ4v) is 2.50. The van der Waals surface area contributed by atoms with Gasteiger partial charge in [0.05, 0.1) is 17.2 Å². The molecule has 1 heterocycles. The monoisotopic (exact) mass is 371 g/mol. The maximum absolute atomic E-state index is 12.8. The fourth-order valence-electron chi connectivity index (χ4n) is 2.38. The Labute approximate surface area is 154 Å². The molecule has 8 heteroatoms. The number of non-ortho nitro benzene ring substituents is 1. The summed E-state index contributed by atoms with van der Waals surface area (Å²) in [5, 5.41) is 16.7. The molecule has 2 aromatic carbocycles. The van der Waals surface area contributed by atoms with Gasteiger partial charge < -0.3 is 4.74 Å². The summed E-state index contributed by atoms with van der Waals surface area (Å²) in [6.07, 6.45) is 1.67. The summed E-state index contributed by atoms with van der Waals surface area (Å²) in [6, 6.07) is 12.6. The van der Waals surface area contributed by atoms with E-state index in [0.717, 1.165) is 10.6 Å². The summed E-state index contributed by atoms with van der Waals surface area (Å²) in [6.45, 7) is 2.14. The van der Waals surface area contributed by atoms with Crippen LogP contribution in [-0.4, -0.2) is 23.3 Å². The zero-order chi connectivity index (χ0) is 18.7. The van der Waals surface area contributed by atoms with Gasteiger partial charge in [0.15, 0.2) is 0 Å². The normalized spacial score (nSPS) is 15.3. The van der Waals surface area contributed by atoms with E-state index in [1.54, 1.807) is 37.3 Å². The number of hydrazone groups is 1. The summed E-state index contributed by atoms with van der Waals surface area (Å²) in [4.78, 5) is 23.1. The molecule has 0 atom stereocenters. The number of nitro benzene ring substituents is 1. The third-order valence-electron chi connectivity index (χ3n) is 3.61. The van der Waals surface area contributed by atoms with E-state index in [9.17, 15) is 14.9 Å². The highest BCUT2D eigenvalue weighted by Gasteiger charge is 2.32. The summed E-state index contributed by atoms with van der Waals surface area (Å²) in [5.74, 6) is -0.178. The molecule has 0 bridgehead atoms. The Balaban J connectivity index is 1.95. The molecule has 0 saturated heterocycles. The van der Waals surface area contributed by atoms with Gasteiger partial charge in [0.1, 0.15) is 5.57 Å². The number of benzene rings is 2. The largest absolute Gasteiger partial charge is 0.476 e. The number of carbonyl (C=O) groups is 1. The van der Waals surface area contributed by atoms with Gasteiger partial charge in [-0.1, -0.05) is 23.7 Å². The molecular formula is C18H14ClN3O4. The van der Waals surface area contributed by atoms with Crippen LogP contribution in [0.5, 0.6) is 0 Å². The first-order valence-corrected chi connectivity index (χ1v) is 8.15. The fraction of sp³-hybridized carbons (Fsp3) is 0.111. The standard InChI is InChI=1S/C18H14ClN3O4/c1-2-26-17-16(11-12-3-5-13(19)6-4-12)18(23)21(20-17)14-7-9-15(10-8-14)22(24)25/h3-11H,2H2,1H3/b16-11+. The Morgan fingerprint density at radius 3 is 2.42 bits per heavy atom. The van der Waals surface area contributed by atoms with Crippen molar-refractivity contribution in [1.29, 1.82) is 0 Å². The van der Waals surface area contributed by atoms with Gasteiger partial charge in [0, 0.05) is 17.2 Å². The second-order valence-electron chi connectivity index (χ2n) is 5.34. The number of anilines is 1. The molecule has 1 aliphatic rings. The number of carbonyl (C=O) groups excluding carboxylic acids is 1. The SMILES string of the molecule is CCOC1=NN(c2ccc([N+](=O)[O-])cc2)C(=O)/C1=C/c1ccc(Cl)cc1. The zero-order valence-corrected chi connectivity index (χ0v) is 14.5. The van der Waals surface area contributed by atoms with Crippen molar-refractivity contribution in [3.8, 4) is 0 Å². The molecule has 0 radical (unpaired) electrons. The van der Waals surface area contributed by atoms with E-state index in [0.29, 0.717) is 22.9 Å². The van der Waals surface area contributed by atoms with Crippen LogP contribution in [0.2, 0.25) is 5.02 Å². The smallest absolute Gasteiger partial charge is 0.284 e. The minimum absolute atomic E-state index is 0.0636. The number of ether oxygens (including phenoxy) is 1. The van der Waals surface area contributed by atoms with Gasteiger partial charge in [-0.15, -0.1) is 5.10 Å². The van der Waals surface area contributed by atoms with Crippen molar-refractivity contribution in [3.05, 3.63) is 74.8 Å². The van der Waals surface area contributed by atoms with Crippen molar-refractivity contribution in [2.24, 2.45) is 5.10 Å². The molecule has 0 saturated carbocycles. The van der Waals surface area contributed by atoms with Crippen molar-refractivity contribution in [2.45, 2.75) is 6.92 Å². The molecule has 2 aromatic rings. The average Bonchev–Trinajstić information content (AvgIpc) is 2.93. The van der Waals surface area contributed by atoms with Crippen molar-refractivity contribution < 1.29 is 14.5 Å². The number of hydrogen-bond donors (Lipinski definition) is 0. The molecule has 7 nitrogen and oxygen atoms in total. The predicted molar refractivity (Wildman–Crippen MR) is 99.1 cm³/mol. The number of hydrogen-bond acceptors (Lipinski definition) is 5. The van der Waals surface area contributed by atoms with Gasteiger partial charge in [0.25, 0.3) is 11.6 Å². The lowest BCUT2D eigenvalue weighted by molar-refractivity contribution is -0.384. The maximum Gasteiger partial charge on any atom is 0.284 e. The Kier molecular flexibility index (Phi) is 4.99. The molecule has 3 rings (SSSR count). The molecule has 0 aromatic heterocycles. The van der Waals surface area contributed by atoms with Crippen molar-refractivity contribution >= 4 is 40.9 Å². The summed E-state index contributed by atoms with van der Waals surface area (Å²) < 4.78 is 5.48. The van der Waals surface area contributed by atoms with Crippen LogP contribution in [-0.2, 0) is 9.53 Å². The Hall–Kier alpha value is -3.19. The third-order valence-corrected chi connectivity index (χ3v) is 3.86. The molecule has 0 spiro atoms. The lowest BCUT2D eigenvalue weighted by atomic mass is 10.1. The van der Waals surface area contributed by atoms with E-state index in [2.05, 4.69) is 5.10 Å². The minimum atomic E-state index is -0.504. The van der Waals surface area contributed by atoms with Gasteiger partial charge in [-0.05, 0) is 42.8 Å². The van der Waals surface area contributed by atoms with Gasteiger partial charge in [-0.3, -0.25) is 14.9 Å². The van der Waals surface area contributed by atoms with Crippen LogP contribution in [0.15, 0.2) is 59.2 Å². The molecule has 26 heavy (non-hydrogen) atoms. The van der Waals surface area contributed by atoms with E-state index in [1.807, 2.05) is 0 Å². The van der Waals surface area contributed by atoms with Crippen molar-refractivity contribution in [1.82, 2.24) is 0 Å². The lowest BCUT2D eigenvalue weighted by Gasteiger charge is -2.10. The Morgan fingerprint density at radius 2 is 1.85 bits per heavy atom. The minimum Gasteiger partial charge on any atom is -0.476 e. The molecule has 1 aliphatic heterocycles. The molecule has 0 unspecified atom stereocenters. The highest BCUT2D eigenvalue weighted by atomic mass is 35.5. The van der Waals surface area contributed by atoms with Gasteiger partial charge in [-0.25, -0.2) is 0 Å². The average molecular weight is 372 g/mol. The third kappa shape index (κ3) is 3.57. The second kappa shape index (κ2) is 7.37. The number of nitro groups is 1. The van der Waals surface area contributed by atoms with Crippen LogP contribution in [0.3, 0.4) is 0 Å². The molecular weight excluding hydrogens is 358 g/mol. The molecule has 0 fully saturated rings. The first-order valence-electron chi connectivity index (χ1n) is 7.77. The topological polar surface area (TPSA) is 85.0 Å². The lowest BCUT2D eigenvalue weighted by Crippen LogP contribution is -2.21. The van der Waals surface area contributed by atoms with Gasteiger partial charge >= 0.3 is 0 Å². The zero-order valence-electron chi connectivity index (χ0n) is 13.8. The van der Waals surface area contributed by atoms with Crippen molar-refractivity contribution in [3.63, 3.8) is 0 Å². The first kappa shape index (κ1) is 17.6. The van der Waals surface area contributed by atoms with E-state index in [4.69, 9.17) is 16.3 Å². The first-order chi connectivity index (χ1) is 12.5. The second-order valence-corrected chi connectivity index (χ2v) is 5.77. The van der Waals surface area contributed by atoms with E-state index in [1.165, 1.54) is 24.3 Å². The van der Waals surface area contributed by atoms with Crippen LogP contribution in [0.1, 0.15) is 12.5 Å². The number of rotatable bonds is 4. The van der Waals surface area contributed by atoms with E-state index in [-0.39, 0.29) is 17.5 Å². The predicted octanol–water partition coefficient (Wildman–Crippen LogP) is 4.03. The van der Waals surface area contributed by atoms with Gasteiger partial charge in [0.2, 0.25) is 5.90 Å². The van der Waals surface area contributed by atoms with Crippen molar-refractivity contribution in [2.75, 3.05) is 11.6 Å². The Morgan fingerprint density at radius 1 is 1.19 bits per heavy atom. The van der Waals surface area contributed by atoms with Gasteiger partial charge in [-0.2, -0.15) is 5.01 Å². The number of halogens is 1. The van der Waals surface area contributed by atoms with Crippen LogP contribution in [0.4, 0.5) is 11.4 Å². The van der Waals surface area contributed by atoms with Crippen LogP contribution in [0.25, 0.3) is 6.08 Å². The molecule has 0 aliphatic carbocycles. The van der Waals surface area contributed by atoms with E-state index >= 15 is 0 Å². The number of amides is 1. The van der Waals surface area contributed by atoms with Crippen LogP contribution in [0, 0.1) is 10.1 Å². The molecule has 1 amide bonds. The highest BCUT2D eigenvalue weighted by molar-refractivity contribution is 6.31.